The predicted molar refractivity (Wildman–Crippen MR) is 122 cm³/mol. The average molecular weight is 476 g/mol. The lowest BCUT2D eigenvalue weighted by Gasteiger charge is -2.34. The molecule has 0 bridgehead atoms. The molecule has 0 fully saturated rings. The molecular formula is C19H33IN4S. The molecule has 25 heavy (non-hydrogen) atoms. The quantitative estimate of drug-likeness (QED) is 0.375. The highest BCUT2D eigenvalue weighted by Gasteiger charge is 2.21. The highest BCUT2D eigenvalue weighted by molar-refractivity contribution is 14.0. The number of thioether (sulfide) groups is 1. The summed E-state index contributed by atoms with van der Waals surface area (Å²) in [5.41, 5.74) is 2.98. The van der Waals surface area contributed by atoms with Gasteiger partial charge in [-0.05, 0) is 44.6 Å². The van der Waals surface area contributed by atoms with Crippen LogP contribution in [0.1, 0.15) is 31.9 Å². The zero-order valence-electron chi connectivity index (χ0n) is 16.1. The Balaban J connectivity index is 0.00000312. The van der Waals surface area contributed by atoms with E-state index in [0.29, 0.717) is 6.04 Å². The molecule has 0 amide bonds. The van der Waals surface area contributed by atoms with E-state index in [0.717, 1.165) is 38.6 Å². The minimum atomic E-state index is 0. The van der Waals surface area contributed by atoms with E-state index in [4.69, 9.17) is 0 Å². The topological polar surface area (TPSA) is 39.7 Å². The number of hydrogen-bond donors (Lipinski definition) is 2. The van der Waals surface area contributed by atoms with Gasteiger partial charge in [0.05, 0.1) is 0 Å². The van der Waals surface area contributed by atoms with Gasteiger partial charge < -0.3 is 10.6 Å². The molecular weight excluding hydrogens is 443 g/mol. The molecule has 1 aromatic rings. The first-order chi connectivity index (χ1) is 11.4. The molecule has 0 aromatic heterocycles. The summed E-state index contributed by atoms with van der Waals surface area (Å²) in [6.45, 7) is 10.8. The number of rotatable bonds is 6. The second kappa shape index (κ2) is 10.6. The van der Waals surface area contributed by atoms with E-state index in [1.807, 2.05) is 18.8 Å². The fourth-order valence-electron chi connectivity index (χ4n) is 2.86. The molecule has 142 valence electrons. The van der Waals surface area contributed by atoms with Gasteiger partial charge in [-0.25, -0.2) is 0 Å². The van der Waals surface area contributed by atoms with Crippen LogP contribution in [0.15, 0.2) is 29.3 Å². The number of nitrogens with zero attached hydrogens (tertiary/aromatic N) is 2. The molecule has 0 spiro atoms. The highest BCUT2D eigenvalue weighted by Crippen LogP contribution is 2.20. The number of guanidine groups is 1. The Bertz CT molecular complexity index is 562. The summed E-state index contributed by atoms with van der Waals surface area (Å²) in [5, 5.41) is 6.91. The first-order valence-electron chi connectivity index (χ1n) is 8.75. The van der Waals surface area contributed by atoms with E-state index in [9.17, 15) is 0 Å². The van der Waals surface area contributed by atoms with Crippen molar-refractivity contribution in [1.29, 1.82) is 0 Å². The summed E-state index contributed by atoms with van der Waals surface area (Å²) in [4.78, 5) is 6.90. The van der Waals surface area contributed by atoms with Gasteiger partial charge in [0.2, 0.25) is 0 Å². The maximum absolute atomic E-state index is 4.35. The summed E-state index contributed by atoms with van der Waals surface area (Å²) < 4.78 is 0.208. The number of aliphatic imine (C=N–C) groups is 1. The van der Waals surface area contributed by atoms with E-state index < -0.39 is 0 Å². The predicted octanol–water partition coefficient (Wildman–Crippen LogP) is 3.36. The monoisotopic (exact) mass is 476 g/mol. The van der Waals surface area contributed by atoms with Crippen LogP contribution in [0.2, 0.25) is 0 Å². The number of nitrogens with one attached hydrogen (secondary N) is 2. The van der Waals surface area contributed by atoms with Gasteiger partial charge in [-0.3, -0.25) is 9.89 Å². The number of benzene rings is 1. The van der Waals surface area contributed by atoms with Crippen LogP contribution in [0.3, 0.4) is 0 Å². The average Bonchev–Trinajstić information content (AvgIpc) is 2.61. The highest BCUT2D eigenvalue weighted by atomic mass is 127. The van der Waals surface area contributed by atoms with Gasteiger partial charge in [-0.15, -0.1) is 24.0 Å². The summed E-state index contributed by atoms with van der Waals surface area (Å²) in [6.07, 6.45) is 3.30. The third kappa shape index (κ3) is 6.98. The summed E-state index contributed by atoms with van der Waals surface area (Å²) in [5.74, 6) is 0.890. The van der Waals surface area contributed by atoms with Crippen molar-refractivity contribution in [2.45, 2.75) is 44.5 Å². The second-order valence-corrected chi connectivity index (χ2v) is 8.62. The van der Waals surface area contributed by atoms with E-state index in [2.05, 4.69) is 71.8 Å². The van der Waals surface area contributed by atoms with Crippen molar-refractivity contribution in [1.82, 2.24) is 15.5 Å². The molecule has 6 heteroatoms. The van der Waals surface area contributed by atoms with Gasteiger partial charge in [0.1, 0.15) is 0 Å². The van der Waals surface area contributed by atoms with Gasteiger partial charge >= 0.3 is 0 Å². The molecule has 1 aliphatic heterocycles. The van der Waals surface area contributed by atoms with Crippen molar-refractivity contribution in [3.05, 3.63) is 35.4 Å². The lowest BCUT2D eigenvalue weighted by Crippen LogP contribution is -2.49. The maximum atomic E-state index is 4.35. The fraction of sp³-hybridized carbons (Fsp3) is 0.632. The van der Waals surface area contributed by atoms with Gasteiger partial charge in [0.25, 0.3) is 0 Å². The Morgan fingerprint density at radius 3 is 2.60 bits per heavy atom. The normalized spacial score (nSPS) is 16.6. The Morgan fingerprint density at radius 1 is 1.28 bits per heavy atom. The van der Waals surface area contributed by atoms with Crippen LogP contribution in [-0.4, -0.2) is 54.6 Å². The Kier molecular flexibility index (Phi) is 9.59. The van der Waals surface area contributed by atoms with Crippen molar-refractivity contribution in [3.8, 4) is 0 Å². The van der Waals surface area contributed by atoms with Gasteiger partial charge in [0, 0.05) is 44.0 Å². The lowest BCUT2D eigenvalue weighted by atomic mass is 9.99. The first-order valence-corrected chi connectivity index (χ1v) is 9.98. The van der Waals surface area contributed by atoms with Crippen LogP contribution < -0.4 is 10.6 Å². The molecule has 0 aliphatic carbocycles. The SMILES string of the molecule is CN=C(NCC(C)N1CCc2ccccc2C1)NCC(C)(C)SC.I. The second-order valence-electron chi connectivity index (χ2n) is 7.11. The van der Waals surface area contributed by atoms with Crippen molar-refractivity contribution in [2.24, 2.45) is 4.99 Å². The smallest absolute Gasteiger partial charge is 0.191 e. The minimum absolute atomic E-state index is 0. The number of halogens is 1. The van der Waals surface area contributed by atoms with Gasteiger partial charge in [-0.2, -0.15) is 11.8 Å². The van der Waals surface area contributed by atoms with E-state index in [1.165, 1.54) is 11.1 Å². The van der Waals surface area contributed by atoms with Crippen LogP contribution in [0.25, 0.3) is 0 Å². The van der Waals surface area contributed by atoms with E-state index >= 15 is 0 Å². The molecule has 2 rings (SSSR count). The fourth-order valence-corrected chi connectivity index (χ4v) is 3.07. The first kappa shape index (κ1) is 22.6. The molecule has 2 N–H and O–H groups in total. The maximum Gasteiger partial charge on any atom is 0.191 e. The van der Waals surface area contributed by atoms with Crippen molar-refractivity contribution in [2.75, 3.05) is 32.9 Å². The van der Waals surface area contributed by atoms with E-state index in [1.54, 1.807) is 0 Å². The minimum Gasteiger partial charge on any atom is -0.355 e. The van der Waals surface area contributed by atoms with Crippen LogP contribution >= 0.6 is 35.7 Å². The Hall–Kier alpha value is -0.470. The van der Waals surface area contributed by atoms with Gasteiger partial charge in [-0.1, -0.05) is 24.3 Å². The molecule has 1 heterocycles. The molecule has 0 saturated carbocycles. The van der Waals surface area contributed by atoms with Gasteiger partial charge in [0.15, 0.2) is 5.96 Å². The molecule has 0 radical (unpaired) electrons. The summed E-state index contributed by atoms with van der Waals surface area (Å²) >= 11 is 1.87. The number of fused-ring (bicyclic) bond motifs is 1. The molecule has 4 nitrogen and oxygen atoms in total. The lowest BCUT2D eigenvalue weighted by molar-refractivity contribution is 0.191. The Labute approximate surface area is 174 Å². The van der Waals surface area contributed by atoms with Crippen LogP contribution in [0.4, 0.5) is 0 Å². The molecule has 1 unspecified atom stereocenters. The van der Waals surface area contributed by atoms with Crippen LogP contribution in [-0.2, 0) is 13.0 Å². The largest absolute Gasteiger partial charge is 0.355 e. The van der Waals surface area contributed by atoms with Crippen molar-refractivity contribution in [3.63, 3.8) is 0 Å². The zero-order valence-corrected chi connectivity index (χ0v) is 19.3. The van der Waals surface area contributed by atoms with E-state index in [-0.39, 0.29) is 28.7 Å². The molecule has 1 aliphatic rings. The zero-order chi connectivity index (χ0) is 17.6. The van der Waals surface area contributed by atoms with Crippen molar-refractivity contribution < 1.29 is 0 Å². The molecule has 1 aromatic carbocycles. The standard InChI is InChI=1S/C19H32N4S.HI/c1-15(12-21-18(20-4)22-14-19(2,3)24-5)23-11-10-16-8-6-7-9-17(16)13-23;/h6-9,15H,10-14H2,1-5H3,(H2,20,21,22);1H. The summed E-state index contributed by atoms with van der Waals surface area (Å²) in [7, 11) is 1.84. The molecule has 0 saturated heterocycles. The third-order valence-electron chi connectivity index (χ3n) is 4.81. The Morgan fingerprint density at radius 2 is 1.96 bits per heavy atom. The number of hydrogen-bond acceptors (Lipinski definition) is 3. The summed E-state index contributed by atoms with van der Waals surface area (Å²) in [6, 6.07) is 9.28. The van der Waals surface area contributed by atoms with Crippen molar-refractivity contribution >= 4 is 41.7 Å². The van der Waals surface area contributed by atoms with Crippen LogP contribution in [0.5, 0.6) is 0 Å². The van der Waals surface area contributed by atoms with Crippen LogP contribution in [0, 0.1) is 0 Å². The molecule has 1 atom stereocenters. The third-order valence-corrected chi connectivity index (χ3v) is 6.06.